The second-order valence-electron chi connectivity index (χ2n) is 2.30. The molecule has 0 aliphatic carbocycles. The van der Waals surface area contributed by atoms with Crippen molar-refractivity contribution in [1.82, 2.24) is 0 Å². The highest BCUT2D eigenvalue weighted by Gasteiger charge is 2.13. The molecule has 0 bridgehead atoms. The standard InChI is InChI=1S/C8H4Cl3FO/c9-3-8(13)4-1-5(10)6(11)2-7(4)12/h1-2H,3H2. The van der Waals surface area contributed by atoms with Gasteiger partial charge in [-0.15, -0.1) is 11.6 Å². The third-order valence-corrected chi connectivity index (χ3v) is 2.40. The number of hydrogen-bond donors (Lipinski definition) is 0. The van der Waals surface area contributed by atoms with Gasteiger partial charge in [0.2, 0.25) is 0 Å². The highest BCUT2D eigenvalue weighted by atomic mass is 35.5. The first-order valence-electron chi connectivity index (χ1n) is 3.30. The summed E-state index contributed by atoms with van der Waals surface area (Å²) in [6.45, 7) is 0. The number of alkyl halides is 1. The average Bonchev–Trinajstić information content (AvgIpc) is 2.10. The molecule has 1 aromatic rings. The Bertz CT molecular complexity index is 351. The highest BCUT2D eigenvalue weighted by molar-refractivity contribution is 6.42. The van der Waals surface area contributed by atoms with Crippen molar-refractivity contribution in [3.05, 3.63) is 33.6 Å². The van der Waals surface area contributed by atoms with Crippen molar-refractivity contribution in [1.29, 1.82) is 0 Å². The van der Waals surface area contributed by atoms with Crippen LogP contribution in [0.2, 0.25) is 10.0 Å². The topological polar surface area (TPSA) is 17.1 Å². The van der Waals surface area contributed by atoms with Gasteiger partial charge in [0.25, 0.3) is 0 Å². The van der Waals surface area contributed by atoms with Crippen LogP contribution in [0.1, 0.15) is 10.4 Å². The van der Waals surface area contributed by atoms with E-state index in [4.69, 9.17) is 34.8 Å². The predicted octanol–water partition coefficient (Wildman–Crippen LogP) is 3.55. The largest absolute Gasteiger partial charge is 0.293 e. The fourth-order valence-corrected chi connectivity index (χ4v) is 1.27. The minimum absolute atomic E-state index is 0.0743. The van der Waals surface area contributed by atoms with Gasteiger partial charge >= 0.3 is 0 Å². The van der Waals surface area contributed by atoms with Crippen LogP contribution in [0, 0.1) is 5.82 Å². The minimum Gasteiger partial charge on any atom is -0.293 e. The maximum Gasteiger partial charge on any atom is 0.180 e. The highest BCUT2D eigenvalue weighted by Crippen LogP contribution is 2.25. The Morgan fingerprint density at radius 1 is 1.31 bits per heavy atom. The lowest BCUT2D eigenvalue weighted by atomic mass is 10.1. The molecule has 70 valence electrons. The van der Waals surface area contributed by atoms with E-state index in [-0.39, 0.29) is 21.5 Å². The number of rotatable bonds is 2. The molecule has 0 spiro atoms. The van der Waals surface area contributed by atoms with E-state index in [9.17, 15) is 9.18 Å². The fraction of sp³-hybridized carbons (Fsp3) is 0.125. The third kappa shape index (κ3) is 2.33. The van der Waals surface area contributed by atoms with E-state index >= 15 is 0 Å². The quantitative estimate of drug-likeness (QED) is 0.440. The SMILES string of the molecule is O=C(CCl)c1cc(Cl)c(Cl)cc1F. The van der Waals surface area contributed by atoms with Gasteiger partial charge in [-0.2, -0.15) is 0 Å². The average molecular weight is 241 g/mol. The molecule has 0 atom stereocenters. The van der Waals surface area contributed by atoms with E-state index in [1.807, 2.05) is 0 Å². The molecule has 0 heterocycles. The Morgan fingerprint density at radius 3 is 2.38 bits per heavy atom. The zero-order valence-corrected chi connectivity index (χ0v) is 8.55. The van der Waals surface area contributed by atoms with Gasteiger partial charge in [0.05, 0.1) is 21.5 Å². The van der Waals surface area contributed by atoms with Crippen LogP contribution in [0.25, 0.3) is 0 Å². The predicted molar refractivity (Wildman–Crippen MR) is 51.5 cm³/mol. The minimum atomic E-state index is -0.708. The van der Waals surface area contributed by atoms with Crippen molar-refractivity contribution in [3.63, 3.8) is 0 Å². The zero-order chi connectivity index (χ0) is 10.0. The summed E-state index contributed by atoms with van der Waals surface area (Å²) in [5, 5.41) is 0.210. The van der Waals surface area contributed by atoms with Crippen molar-refractivity contribution in [3.8, 4) is 0 Å². The second-order valence-corrected chi connectivity index (χ2v) is 3.38. The van der Waals surface area contributed by atoms with Gasteiger partial charge in [0, 0.05) is 0 Å². The summed E-state index contributed by atoms with van der Waals surface area (Å²) in [5.41, 5.74) is -0.135. The zero-order valence-electron chi connectivity index (χ0n) is 6.28. The molecule has 0 N–H and O–H groups in total. The maximum atomic E-state index is 13.0. The molecule has 1 rings (SSSR count). The van der Waals surface area contributed by atoms with Gasteiger partial charge in [-0.05, 0) is 12.1 Å². The smallest absolute Gasteiger partial charge is 0.180 e. The van der Waals surface area contributed by atoms with Gasteiger partial charge in [-0.3, -0.25) is 4.79 Å². The van der Waals surface area contributed by atoms with Crippen molar-refractivity contribution in [2.75, 3.05) is 5.88 Å². The van der Waals surface area contributed by atoms with E-state index < -0.39 is 11.6 Å². The monoisotopic (exact) mass is 240 g/mol. The lowest BCUT2D eigenvalue weighted by Crippen LogP contribution is -2.03. The molecular weight excluding hydrogens is 237 g/mol. The summed E-state index contributed by atoms with van der Waals surface area (Å²) in [4.78, 5) is 11.0. The van der Waals surface area contributed by atoms with E-state index in [2.05, 4.69) is 0 Å². The first kappa shape index (κ1) is 10.8. The molecule has 0 saturated heterocycles. The van der Waals surface area contributed by atoms with E-state index in [1.54, 1.807) is 0 Å². The normalized spacial score (nSPS) is 10.2. The Balaban J connectivity index is 3.23. The lowest BCUT2D eigenvalue weighted by Gasteiger charge is -2.01. The number of halogens is 4. The van der Waals surface area contributed by atoms with Crippen LogP contribution in [-0.4, -0.2) is 11.7 Å². The molecule has 0 saturated carbocycles. The second kappa shape index (κ2) is 4.27. The Morgan fingerprint density at radius 2 is 1.85 bits per heavy atom. The number of hydrogen-bond acceptors (Lipinski definition) is 1. The van der Waals surface area contributed by atoms with Crippen LogP contribution in [0.5, 0.6) is 0 Å². The molecule has 1 aromatic carbocycles. The van der Waals surface area contributed by atoms with Crippen LogP contribution in [0.4, 0.5) is 4.39 Å². The molecule has 1 nitrogen and oxygen atoms in total. The van der Waals surface area contributed by atoms with Crippen LogP contribution in [-0.2, 0) is 0 Å². The molecule has 5 heteroatoms. The molecule has 13 heavy (non-hydrogen) atoms. The molecule has 0 unspecified atom stereocenters. The number of ketones is 1. The van der Waals surface area contributed by atoms with E-state index in [0.717, 1.165) is 6.07 Å². The Kier molecular flexibility index (Phi) is 3.54. The molecule has 0 amide bonds. The Labute approximate surface area is 89.4 Å². The summed E-state index contributed by atoms with van der Waals surface area (Å²) in [7, 11) is 0. The summed E-state index contributed by atoms with van der Waals surface area (Å²) >= 11 is 16.4. The Hall–Kier alpha value is -0.310. The van der Waals surface area contributed by atoms with Crippen molar-refractivity contribution < 1.29 is 9.18 Å². The summed E-state index contributed by atoms with van der Waals surface area (Å²) in [6, 6.07) is 2.16. The first-order valence-corrected chi connectivity index (χ1v) is 4.59. The maximum absolute atomic E-state index is 13.0. The van der Waals surface area contributed by atoms with Crippen LogP contribution < -0.4 is 0 Å². The fourth-order valence-electron chi connectivity index (χ4n) is 0.808. The van der Waals surface area contributed by atoms with Gasteiger partial charge < -0.3 is 0 Å². The molecule has 0 aliphatic heterocycles. The lowest BCUT2D eigenvalue weighted by molar-refractivity contribution is 0.101. The van der Waals surface area contributed by atoms with Crippen molar-refractivity contribution >= 4 is 40.6 Å². The van der Waals surface area contributed by atoms with Crippen LogP contribution in [0.3, 0.4) is 0 Å². The molecule has 0 aromatic heterocycles. The van der Waals surface area contributed by atoms with Gasteiger partial charge in [-0.25, -0.2) is 4.39 Å². The first-order chi connectivity index (χ1) is 6.06. The number of carbonyl (C=O) groups is 1. The summed E-state index contributed by atoms with van der Waals surface area (Å²) < 4.78 is 13.0. The third-order valence-electron chi connectivity index (χ3n) is 1.43. The van der Waals surface area contributed by atoms with E-state index in [1.165, 1.54) is 6.07 Å². The van der Waals surface area contributed by atoms with Gasteiger partial charge in [0.15, 0.2) is 5.78 Å². The van der Waals surface area contributed by atoms with Gasteiger partial charge in [0.1, 0.15) is 5.82 Å². The number of Topliss-reactive ketones (excluding diaryl/α,β-unsaturated/α-hetero) is 1. The van der Waals surface area contributed by atoms with Crippen molar-refractivity contribution in [2.45, 2.75) is 0 Å². The molecule has 0 radical (unpaired) electrons. The number of carbonyl (C=O) groups excluding carboxylic acids is 1. The summed E-state index contributed by atoms with van der Waals surface area (Å²) in [5.74, 6) is -1.51. The van der Waals surface area contributed by atoms with Crippen molar-refractivity contribution in [2.24, 2.45) is 0 Å². The van der Waals surface area contributed by atoms with Gasteiger partial charge in [-0.1, -0.05) is 23.2 Å². The van der Waals surface area contributed by atoms with E-state index in [0.29, 0.717) is 0 Å². The summed E-state index contributed by atoms with van der Waals surface area (Å²) in [6.07, 6.45) is 0. The van der Waals surface area contributed by atoms with Crippen LogP contribution >= 0.6 is 34.8 Å². The molecular formula is C8H4Cl3FO. The molecule has 0 fully saturated rings. The van der Waals surface area contributed by atoms with Crippen LogP contribution in [0.15, 0.2) is 12.1 Å². The number of benzene rings is 1. The molecule has 0 aliphatic rings.